The summed E-state index contributed by atoms with van der Waals surface area (Å²) in [5.74, 6) is 0.963. The summed E-state index contributed by atoms with van der Waals surface area (Å²) < 4.78 is 0. The summed E-state index contributed by atoms with van der Waals surface area (Å²) in [4.78, 5) is 2.70. The number of nitrogens with zero attached hydrogens (tertiary/aromatic N) is 1. The lowest BCUT2D eigenvalue weighted by atomic mass is 9.77. The molecule has 298 valence electrons. The van der Waals surface area contributed by atoms with E-state index in [-0.39, 0.29) is 16.9 Å². The van der Waals surface area contributed by atoms with Crippen molar-refractivity contribution in [1.82, 2.24) is 0 Å². The van der Waals surface area contributed by atoms with E-state index in [1.807, 2.05) is 0 Å². The van der Waals surface area contributed by atoms with Gasteiger partial charge in [-0.05, 0) is 128 Å². The first-order valence-corrected chi connectivity index (χ1v) is 22.3. The standard InChI is InChI=1S/C60H53N/c1-40(54(37-41-15-7-5-8-16-41)47-29-27-45(28-30-47)44-25-23-43(24-26-44)42-17-9-6-10-18-42)48-31-33-53-57(38-48)61(60(4)36-35-46-19-11-12-20-50(46)58(53)60)49-32-34-52-51-21-13-14-22-55(51)59(2,3)56(52)39-49/h5-25,27-35,38-40,44,54H,26,36-37H2,1-4H3. The largest absolute Gasteiger partial charge is 0.331 e. The second-order valence-corrected chi connectivity index (χ2v) is 18.6. The van der Waals surface area contributed by atoms with Gasteiger partial charge in [0, 0.05) is 28.3 Å². The summed E-state index contributed by atoms with van der Waals surface area (Å²) in [6.07, 6.45) is 12.5. The van der Waals surface area contributed by atoms with E-state index >= 15 is 0 Å². The number of hydrogen-bond acceptors (Lipinski definition) is 1. The number of allylic oxidation sites excluding steroid dienone is 4. The Balaban J connectivity index is 0.988. The molecule has 1 heterocycles. The van der Waals surface area contributed by atoms with Gasteiger partial charge in [-0.1, -0.05) is 197 Å². The van der Waals surface area contributed by atoms with Crippen LogP contribution in [0.15, 0.2) is 188 Å². The molecule has 61 heavy (non-hydrogen) atoms. The van der Waals surface area contributed by atoms with Crippen molar-refractivity contribution in [3.05, 3.63) is 243 Å². The third kappa shape index (κ3) is 6.20. The summed E-state index contributed by atoms with van der Waals surface area (Å²) in [6, 6.07) is 64.2. The lowest BCUT2D eigenvalue weighted by Crippen LogP contribution is -2.47. The third-order valence-corrected chi connectivity index (χ3v) is 14.8. The van der Waals surface area contributed by atoms with Crippen LogP contribution in [0.5, 0.6) is 0 Å². The number of benzene rings is 7. The molecule has 7 aromatic rings. The Kier molecular flexibility index (Phi) is 9.01. The molecule has 4 aliphatic rings. The molecule has 0 aromatic heterocycles. The van der Waals surface area contributed by atoms with E-state index in [9.17, 15) is 0 Å². The molecule has 1 heteroatoms. The fourth-order valence-corrected chi connectivity index (χ4v) is 11.4. The molecule has 0 saturated heterocycles. The zero-order valence-electron chi connectivity index (χ0n) is 35.8. The average Bonchev–Trinajstić information content (AvgIpc) is 3.71. The van der Waals surface area contributed by atoms with Gasteiger partial charge >= 0.3 is 0 Å². The van der Waals surface area contributed by atoms with Crippen LogP contribution in [-0.2, 0) is 11.8 Å². The zero-order valence-corrected chi connectivity index (χ0v) is 35.8. The molecule has 1 nitrogen and oxygen atoms in total. The molecular formula is C60H53N. The molecular weight excluding hydrogens is 735 g/mol. The van der Waals surface area contributed by atoms with E-state index in [4.69, 9.17) is 0 Å². The first kappa shape index (κ1) is 37.6. The van der Waals surface area contributed by atoms with E-state index in [1.54, 1.807) is 0 Å². The summed E-state index contributed by atoms with van der Waals surface area (Å²) in [5.41, 5.74) is 18.8. The van der Waals surface area contributed by atoms with Gasteiger partial charge in [-0.3, -0.25) is 0 Å². The number of fused-ring (bicyclic) bond motifs is 7. The maximum atomic E-state index is 2.70. The Morgan fingerprint density at radius 1 is 0.623 bits per heavy atom. The van der Waals surface area contributed by atoms with Gasteiger partial charge in [0.05, 0.1) is 5.54 Å². The van der Waals surface area contributed by atoms with Crippen LogP contribution in [0.3, 0.4) is 0 Å². The molecule has 3 aliphatic carbocycles. The van der Waals surface area contributed by atoms with Crippen LogP contribution in [0.25, 0.3) is 28.3 Å². The van der Waals surface area contributed by atoms with Crippen LogP contribution in [0.2, 0.25) is 0 Å². The molecule has 0 amide bonds. The van der Waals surface area contributed by atoms with E-state index in [2.05, 4.69) is 227 Å². The smallest absolute Gasteiger partial charge is 0.0721 e. The fraction of sp³-hybridized carbons (Fsp3) is 0.200. The van der Waals surface area contributed by atoms with Gasteiger partial charge < -0.3 is 4.90 Å². The molecule has 0 fully saturated rings. The summed E-state index contributed by atoms with van der Waals surface area (Å²) in [5, 5.41) is 2.70. The predicted octanol–water partition coefficient (Wildman–Crippen LogP) is 13.5. The monoisotopic (exact) mass is 787 g/mol. The Morgan fingerprint density at radius 2 is 1.31 bits per heavy atom. The zero-order chi connectivity index (χ0) is 41.3. The predicted molar refractivity (Wildman–Crippen MR) is 257 cm³/mol. The second kappa shape index (κ2) is 14.6. The van der Waals surface area contributed by atoms with Gasteiger partial charge in [0.1, 0.15) is 0 Å². The van der Waals surface area contributed by atoms with Crippen molar-refractivity contribution in [1.29, 1.82) is 0 Å². The minimum Gasteiger partial charge on any atom is -0.331 e. The van der Waals surface area contributed by atoms with Gasteiger partial charge in [0.15, 0.2) is 0 Å². The van der Waals surface area contributed by atoms with Crippen molar-refractivity contribution < 1.29 is 0 Å². The average molecular weight is 788 g/mol. The highest BCUT2D eigenvalue weighted by atomic mass is 15.2. The molecule has 0 radical (unpaired) electrons. The normalized spacial score (nSPS) is 20.1. The quantitative estimate of drug-likeness (QED) is 0.148. The molecule has 0 saturated carbocycles. The lowest BCUT2D eigenvalue weighted by Gasteiger charge is -2.40. The van der Waals surface area contributed by atoms with Crippen molar-refractivity contribution in [2.45, 2.75) is 75.7 Å². The van der Waals surface area contributed by atoms with Gasteiger partial charge in [-0.2, -0.15) is 0 Å². The van der Waals surface area contributed by atoms with Gasteiger partial charge in [0.25, 0.3) is 0 Å². The van der Waals surface area contributed by atoms with Crippen molar-refractivity contribution in [2.24, 2.45) is 0 Å². The summed E-state index contributed by atoms with van der Waals surface area (Å²) >= 11 is 0. The first-order valence-electron chi connectivity index (χ1n) is 22.3. The highest BCUT2D eigenvalue weighted by molar-refractivity contribution is 5.97. The van der Waals surface area contributed by atoms with Gasteiger partial charge in [-0.15, -0.1) is 0 Å². The van der Waals surface area contributed by atoms with Crippen LogP contribution < -0.4 is 15.3 Å². The minimum absolute atomic E-state index is 0.0745. The summed E-state index contributed by atoms with van der Waals surface area (Å²) in [6.45, 7) is 9.73. The molecule has 4 unspecified atom stereocenters. The van der Waals surface area contributed by atoms with Crippen molar-refractivity contribution in [2.75, 3.05) is 4.90 Å². The topological polar surface area (TPSA) is 3.24 Å². The van der Waals surface area contributed by atoms with E-state index in [0.29, 0.717) is 11.8 Å². The molecule has 1 aliphatic heterocycles. The number of rotatable bonds is 8. The highest BCUT2D eigenvalue weighted by Gasteiger charge is 2.47. The highest BCUT2D eigenvalue weighted by Crippen LogP contribution is 2.56. The maximum absolute atomic E-state index is 2.70. The van der Waals surface area contributed by atoms with Crippen LogP contribution in [-0.4, -0.2) is 5.54 Å². The van der Waals surface area contributed by atoms with Gasteiger partial charge in [-0.25, -0.2) is 0 Å². The van der Waals surface area contributed by atoms with Crippen LogP contribution in [0, 0.1) is 0 Å². The molecule has 4 atom stereocenters. The number of hydrogen-bond donors (Lipinski definition) is 0. The number of anilines is 2. The second-order valence-electron chi connectivity index (χ2n) is 18.6. The van der Waals surface area contributed by atoms with E-state index < -0.39 is 0 Å². The first-order chi connectivity index (χ1) is 29.8. The SMILES string of the molecule is CC(c1ccc2c(c1)N(c1ccc3c(c1)C(C)(C)c1ccccc1-3)C1(C)CC=c3ccccc3=C21)C(Cc1ccccc1)c1ccc(C2C=CC(c3ccccc3)=CC2)cc1. The lowest BCUT2D eigenvalue weighted by molar-refractivity contribution is 0.571. The van der Waals surface area contributed by atoms with Crippen molar-refractivity contribution in [3.63, 3.8) is 0 Å². The van der Waals surface area contributed by atoms with Gasteiger partial charge in [0.2, 0.25) is 0 Å². The molecule has 0 N–H and O–H groups in total. The van der Waals surface area contributed by atoms with E-state index in [0.717, 1.165) is 19.3 Å². The summed E-state index contributed by atoms with van der Waals surface area (Å²) in [7, 11) is 0. The maximum Gasteiger partial charge on any atom is 0.0721 e. The molecule has 0 spiro atoms. The van der Waals surface area contributed by atoms with Crippen molar-refractivity contribution >= 4 is 28.6 Å². The van der Waals surface area contributed by atoms with E-state index in [1.165, 1.54) is 88.6 Å². The van der Waals surface area contributed by atoms with Crippen LogP contribution in [0.4, 0.5) is 11.4 Å². The van der Waals surface area contributed by atoms with Crippen molar-refractivity contribution in [3.8, 4) is 11.1 Å². The fourth-order valence-electron chi connectivity index (χ4n) is 11.4. The Morgan fingerprint density at radius 3 is 2.10 bits per heavy atom. The van der Waals surface area contributed by atoms with Crippen LogP contribution >= 0.6 is 0 Å². The Labute approximate surface area is 361 Å². The Bertz CT molecular complexity index is 3000. The Hall–Kier alpha value is -6.44. The molecule has 0 bridgehead atoms. The van der Waals surface area contributed by atoms with Crippen LogP contribution in [0.1, 0.15) is 103 Å². The molecule has 11 rings (SSSR count). The third-order valence-electron chi connectivity index (χ3n) is 14.8. The molecule has 7 aromatic carbocycles. The minimum atomic E-state index is -0.230.